The molecule has 1 heterocycles. The number of amides is 1. The Morgan fingerprint density at radius 3 is 2.79 bits per heavy atom. The molecule has 0 aliphatic carbocycles. The maximum absolute atomic E-state index is 11.7. The summed E-state index contributed by atoms with van der Waals surface area (Å²) < 4.78 is 5.54. The second kappa shape index (κ2) is 6.10. The molecule has 0 spiro atoms. The molecule has 1 aromatic carbocycles. The summed E-state index contributed by atoms with van der Waals surface area (Å²) in [4.78, 5) is 16.1. The number of hydrogen-bond acceptors (Lipinski definition) is 4. The van der Waals surface area contributed by atoms with Crippen LogP contribution in [0.3, 0.4) is 0 Å². The van der Waals surface area contributed by atoms with Crippen molar-refractivity contribution in [1.29, 1.82) is 0 Å². The van der Waals surface area contributed by atoms with E-state index in [9.17, 15) is 4.79 Å². The number of benzene rings is 1. The molecule has 0 saturated heterocycles. The molecule has 0 bridgehead atoms. The molecule has 1 amide bonds. The minimum absolute atomic E-state index is 0.00783. The third-order valence-corrected chi connectivity index (χ3v) is 3.82. The van der Waals surface area contributed by atoms with Crippen molar-refractivity contribution in [3.05, 3.63) is 24.3 Å². The van der Waals surface area contributed by atoms with Crippen molar-refractivity contribution in [2.24, 2.45) is 5.92 Å². The SMILES string of the molecule is CC(C)[C@@H](C)NC(=O)CSc1nc2ccccc2o1. The molecule has 0 aliphatic heterocycles. The van der Waals surface area contributed by atoms with Gasteiger partial charge in [0.05, 0.1) is 5.75 Å². The highest BCUT2D eigenvalue weighted by Gasteiger charge is 2.12. The second-order valence-corrected chi connectivity index (χ2v) is 5.76. The van der Waals surface area contributed by atoms with Gasteiger partial charge in [-0.25, -0.2) is 4.98 Å². The molecular formula is C14H18N2O2S. The molecule has 0 unspecified atom stereocenters. The summed E-state index contributed by atoms with van der Waals surface area (Å²) in [7, 11) is 0. The predicted molar refractivity (Wildman–Crippen MR) is 77.2 cm³/mol. The summed E-state index contributed by atoms with van der Waals surface area (Å²) in [6.45, 7) is 6.17. The fraction of sp³-hybridized carbons (Fsp3) is 0.429. The zero-order chi connectivity index (χ0) is 13.8. The van der Waals surface area contributed by atoms with E-state index in [2.05, 4.69) is 24.1 Å². The van der Waals surface area contributed by atoms with Crippen LogP contribution in [0.15, 0.2) is 33.9 Å². The lowest BCUT2D eigenvalue weighted by Gasteiger charge is -2.16. The Kier molecular flexibility index (Phi) is 4.47. The maximum Gasteiger partial charge on any atom is 0.257 e. The van der Waals surface area contributed by atoms with Crippen molar-refractivity contribution >= 4 is 28.8 Å². The lowest BCUT2D eigenvalue weighted by Crippen LogP contribution is -2.37. The molecule has 5 heteroatoms. The number of oxazole rings is 1. The van der Waals surface area contributed by atoms with E-state index in [4.69, 9.17) is 4.42 Å². The third kappa shape index (κ3) is 3.73. The molecule has 19 heavy (non-hydrogen) atoms. The molecule has 0 radical (unpaired) electrons. The molecule has 0 saturated carbocycles. The van der Waals surface area contributed by atoms with Crippen LogP contribution in [0.25, 0.3) is 11.1 Å². The third-order valence-electron chi connectivity index (χ3n) is 2.99. The normalized spacial score (nSPS) is 12.8. The maximum atomic E-state index is 11.7. The van der Waals surface area contributed by atoms with Crippen LogP contribution in [0.4, 0.5) is 0 Å². The van der Waals surface area contributed by atoms with Gasteiger partial charge in [0.1, 0.15) is 5.52 Å². The van der Waals surface area contributed by atoms with E-state index in [-0.39, 0.29) is 11.9 Å². The van der Waals surface area contributed by atoms with E-state index in [1.54, 1.807) is 0 Å². The van der Waals surface area contributed by atoms with E-state index in [0.29, 0.717) is 16.9 Å². The van der Waals surface area contributed by atoms with Crippen molar-refractivity contribution in [1.82, 2.24) is 10.3 Å². The number of para-hydroxylation sites is 2. The highest BCUT2D eigenvalue weighted by molar-refractivity contribution is 7.99. The Morgan fingerprint density at radius 1 is 1.37 bits per heavy atom. The first-order chi connectivity index (χ1) is 9.06. The van der Waals surface area contributed by atoms with Crippen molar-refractivity contribution in [2.75, 3.05) is 5.75 Å². The van der Waals surface area contributed by atoms with E-state index >= 15 is 0 Å². The van der Waals surface area contributed by atoms with Gasteiger partial charge in [-0.3, -0.25) is 4.79 Å². The molecule has 102 valence electrons. The van der Waals surface area contributed by atoms with Gasteiger partial charge in [-0.2, -0.15) is 0 Å². The van der Waals surface area contributed by atoms with Gasteiger partial charge in [0.25, 0.3) is 5.22 Å². The van der Waals surface area contributed by atoms with Crippen LogP contribution < -0.4 is 5.32 Å². The molecule has 0 aliphatic rings. The zero-order valence-corrected chi connectivity index (χ0v) is 12.2. The Labute approximate surface area is 117 Å². The van der Waals surface area contributed by atoms with Gasteiger partial charge >= 0.3 is 0 Å². The largest absolute Gasteiger partial charge is 0.431 e. The summed E-state index contributed by atoms with van der Waals surface area (Å²) in [5.74, 6) is 0.760. The molecule has 2 aromatic rings. The van der Waals surface area contributed by atoms with Gasteiger partial charge in [0.2, 0.25) is 5.91 Å². The molecule has 4 nitrogen and oxygen atoms in total. The van der Waals surface area contributed by atoms with Crippen LogP contribution in [-0.4, -0.2) is 22.7 Å². The number of carbonyl (C=O) groups excluding carboxylic acids is 1. The highest BCUT2D eigenvalue weighted by Crippen LogP contribution is 2.22. The molecular weight excluding hydrogens is 260 g/mol. The van der Waals surface area contributed by atoms with Crippen molar-refractivity contribution in [3.8, 4) is 0 Å². The zero-order valence-electron chi connectivity index (χ0n) is 11.3. The lowest BCUT2D eigenvalue weighted by molar-refractivity contribution is -0.119. The number of aromatic nitrogens is 1. The summed E-state index contributed by atoms with van der Waals surface area (Å²) in [6.07, 6.45) is 0. The topological polar surface area (TPSA) is 55.1 Å². The first-order valence-corrected chi connectivity index (χ1v) is 7.32. The number of rotatable bonds is 5. The molecule has 1 N–H and O–H groups in total. The summed E-state index contributed by atoms with van der Waals surface area (Å²) in [5.41, 5.74) is 1.57. The van der Waals surface area contributed by atoms with Crippen LogP contribution in [0.2, 0.25) is 0 Å². The van der Waals surface area contributed by atoms with E-state index in [1.807, 2.05) is 31.2 Å². The fourth-order valence-corrected chi connectivity index (χ4v) is 2.15. The molecule has 0 fully saturated rings. The Morgan fingerprint density at radius 2 is 2.11 bits per heavy atom. The lowest BCUT2D eigenvalue weighted by atomic mass is 10.1. The summed E-state index contributed by atoms with van der Waals surface area (Å²) in [6, 6.07) is 7.75. The highest BCUT2D eigenvalue weighted by atomic mass is 32.2. The number of nitrogens with zero attached hydrogens (tertiary/aromatic N) is 1. The van der Waals surface area contributed by atoms with Gasteiger partial charge in [-0.15, -0.1) is 0 Å². The Balaban J connectivity index is 1.90. The van der Waals surface area contributed by atoms with Crippen LogP contribution in [0.5, 0.6) is 0 Å². The average molecular weight is 278 g/mol. The van der Waals surface area contributed by atoms with Gasteiger partial charge in [-0.05, 0) is 25.0 Å². The Bertz CT molecular complexity index is 532. The van der Waals surface area contributed by atoms with Crippen molar-refractivity contribution in [3.63, 3.8) is 0 Å². The van der Waals surface area contributed by atoms with Gasteiger partial charge in [0.15, 0.2) is 5.58 Å². The number of thioether (sulfide) groups is 1. The first kappa shape index (κ1) is 13.9. The number of fused-ring (bicyclic) bond motifs is 1. The minimum atomic E-state index is 0.00783. The smallest absolute Gasteiger partial charge is 0.257 e. The molecule has 1 aromatic heterocycles. The van der Waals surface area contributed by atoms with Gasteiger partial charge in [0, 0.05) is 6.04 Å². The Hall–Kier alpha value is -1.49. The van der Waals surface area contributed by atoms with Crippen LogP contribution in [0, 0.1) is 5.92 Å². The average Bonchev–Trinajstić information content (AvgIpc) is 2.78. The van der Waals surface area contributed by atoms with Crippen molar-refractivity contribution < 1.29 is 9.21 Å². The minimum Gasteiger partial charge on any atom is -0.431 e. The number of carbonyl (C=O) groups is 1. The summed E-state index contributed by atoms with van der Waals surface area (Å²) >= 11 is 1.32. The monoisotopic (exact) mass is 278 g/mol. The quantitative estimate of drug-likeness (QED) is 0.854. The molecule has 1 atom stereocenters. The number of nitrogens with one attached hydrogen (secondary N) is 1. The van der Waals surface area contributed by atoms with Gasteiger partial charge in [-0.1, -0.05) is 37.7 Å². The van der Waals surface area contributed by atoms with E-state index in [0.717, 1.165) is 11.1 Å². The van der Waals surface area contributed by atoms with Crippen LogP contribution in [0.1, 0.15) is 20.8 Å². The second-order valence-electron chi connectivity index (χ2n) is 4.84. The number of hydrogen-bond donors (Lipinski definition) is 1. The van der Waals surface area contributed by atoms with Crippen molar-refractivity contribution in [2.45, 2.75) is 32.0 Å². The van der Waals surface area contributed by atoms with Crippen LogP contribution >= 0.6 is 11.8 Å². The standard InChI is InChI=1S/C14H18N2O2S/c1-9(2)10(3)15-13(17)8-19-14-16-11-6-4-5-7-12(11)18-14/h4-7,9-10H,8H2,1-3H3,(H,15,17)/t10-/m1/s1. The van der Waals surface area contributed by atoms with E-state index in [1.165, 1.54) is 11.8 Å². The first-order valence-electron chi connectivity index (χ1n) is 6.34. The van der Waals surface area contributed by atoms with Crippen LogP contribution in [-0.2, 0) is 4.79 Å². The summed E-state index contributed by atoms with van der Waals surface area (Å²) in [5, 5.41) is 3.49. The fourth-order valence-electron chi connectivity index (χ4n) is 1.50. The van der Waals surface area contributed by atoms with E-state index < -0.39 is 0 Å². The molecule has 2 rings (SSSR count). The van der Waals surface area contributed by atoms with Gasteiger partial charge < -0.3 is 9.73 Å². The predicted octanol–water partition coefficient (Wildman–Crippen LogP) is 3.08.